The van der Waals surface area contributed by atoms with Crippen LogP contribution in [-0.2, 0) is 17.6 Å². The van der Waals surface area contributed by atoms with Gasteiger partial charge in [-0.1, -0.05) is 6.07 Å². The molecule has 0 saturated carbocycles. The molecule has 1 unspecified atom stereocenters. The second-order valence-electron chi connectivity index (χ2n) is 9.54. The molecule has 0 amide bonds. The van der Waals surface area contributed by atoms with Gasteiger partial charge in [-0.15, -0.1) is 0 Å². The zero-order valence-electron chi connectivity index (χ0n) is 21.0. The molecular formula is C28H38N4O2. The quantitative estimate of drug-likeness (QED) is 0.256. The normalized spacial score (nSPS) is 13.1. The molecule has 1 atom stereocenters. The molecule has 4 rings (SSSR count). The molecule has 34 heavy (non-hydrogen) atoms. The van der Waals surface area contributed by atoms with Gasteiger partial charge < -0.3 is 25.2 Å². The maximum atomic E-state index is 6.33. The van der Waals surface area contributed by atoms with Crippen LogP contribution in [0.15, 0.2) is 48.8 Å². The van der Waals surface area contributed by atoms with Crippen molar-refractivity contribution >= 4 is 21.8 Å². The first kappa shape index (κ1) is 24.3. The number of nitrogens with two attached hydrogens (primary N) is 1. The summed E-state index contributed by atoms with van der Waals surface area (Å²) >= 11 is 0. The lowest BCUT2D eigenvalue weighted by atomic mass is 10.1. The zero-order chi connectivity index (χ0) is 24.2. The Morgan fingerprint density at radius 2 is 1.47 bits per heavy atom. The summed E-state index contributed by atoms with van der Waals surface area (Å²) in [5.74, 6) is 0.793. The van der Waals surface area contributed by atoms with E-state index in [9.17, 15) is 0 Å². The molecule has 0 aliphatic carbocycles. The first-order valence-electron chi connectivity index (χ1n) is 12.3. The van der Waals surface area contributed by atoms with Crippen molar-refractivity contribution in [3.8, 4) is 5.75 Å². The molecule has 6 heteroatoms. The van der Waals surface area contributed by atoms with E-state index in [2.05, 4.69) is 73.0 Å². The van der Waals surface area contributed by atoms with Gasteiger partial charge in [0, 0.05) is 65.5 Å². The molecule has 4 N–H and O–H groups in total. The monoisotopic (exact) mass is 462 g/mol. The summed E-state index contributed by atoms with van der Waals surface area (Å²) in [6.07, 6.45) is 5.48. The minimum atomic E-state index is -0.498. The van der Waals surface area contributed by atoms with Crippen LogP contribution in [0.4, 0.5) is 0 Å². The third-order valence-corrected chi connectivity index (χ3v) is 6.64. The van der Waals surface area contributed by atoms with Crippen LogP contribution in [0.25, 0.3) is 21.8 Å². The number of hydrogen-bond acceptors (Lipinski definition) is 4. The van der Waals surface area contributed by atoms with Crippen molar-refractivity contribution in [3.05, 3.63) is 65.5 Å². The Bertz CT molecular complexity index is 1220. The standard InChI is InChI=1S/C28H38N4O2/c1-18(2)32(19(3)4)13-11-22-17-31-27-9-7-23(15-25(22)27)34-28(33-5)20-6-8-26-24(14-20)21(10-12-29)16-30-26/h6-9,14-19,28,30-31H,10-13,29H2,1-5H3. The third kappa shape index (κ3) is 5.14. The average Bonchev–Trinajstić information content (AvgIpc) is 3.41. The molecule has 0 fully saturated rings. The Morgan fingerprint density at radius 3 is 2.09 bits per heavy atom. The van der Waals surface area contributed by atoms with E-state index in [1.807, 2.05) is 18.3 Å². The summed E-state index contributed by atoms with van der Waals surface area (Å²) in [4.78, 5) is 9.26. The fourth-order valence-electron chi connectivity index (χ4n) is 4.88. The van der Waals surface area contributed by atoms with Gasteiger partial charge in [-0.3, -0.25) is 4.90 Å². The molecule has 4 aromatic rings. The Hall–Kier alpha value is -2.80. The van der Waals surface area contributed by atoms with Crippen LogP contribution >= 0.6 is 0 Å². The van der Waals surface area contributed by atoms with Gasteiger partial charge in [-0.2, -0.15) is 0 Å². The van der Waals surface area contributed by atoms with Crippen LogP contribution in [-0.4, -0.2) is 47.2 Å². The largest absolute Gasteiger partial charge is 0.461 e. The first-order chi connectivity index (χ1) is 16.4. The number of aromatic amines is 2. The zero-order valence-corrected chi connectivity index (χ0v) is 21.0. The molecule has 2 heterocycles. The summed E-state index contributed by atoms with van der Waals surface area (Å²) < 4.78 is 12.1. The molecule has 182 valence electrons. The predicted octanol–water partition coefficient (Wildman–Crippen LogP) is 5.54. The molecule has 0 bridgehead atoms. The molecule has 0 aliphatic heterocycles. The van der Waals surface area contributed by atoms with Crippen LogP contribution in [0.1, 0.15) is 50.7 Å². The number of benzene rings is 2. The number of rotatable bonds is 11. The van der Waals surface area contributed by atoms with E-state index in [0.717, 1.165) is 47.1 Å². The lowest BCUT2D eigenvalue weighted by Crippen LogP contribution is -2.38. The number of H-pyrrole nitrogens is 2. The van der Waals surface area contributed by atoms with E-state index >= 15 is 0 Å². The highest BCUT2D eigenvalue weighted by atomic mass is 16.7. The fourth-order valence-corrected chi connectivity index (χ4v) is 4.88. The minimum Gasteiger partial charge on any atom is -0.461 e. The molecule has 6 nitrogen and oxygen atoms in total. The van der Waals surface area contributed by atoms with Crippen molar-refractivity contribution < 1.29 is 9.47 Å². The predicted molar refractivity (Wildman–Crippen MR) is 140 cm³/mol. The highest BCUT2D eigenvalue weighted by Gasteiger charge is 2.17. The number of fused-ring (bicyclic) bond motifs is 2. The Balaban J connectivity index is 1.55. The first-order valence-corrected chi connectivity index (χ1v) is 12.3. The second kappa shape index (κ2) is 10.6. The third-order valence-electron chi connectivity index (χ3n) is 6.64. The lowest BCUT2D eigenvalue weighted by Gasteiger charge is -2.30. The number of aromatic nitrogens is 2. The van der Waals surface area contributed by atoms with Crippen molar-refractivity contribution in [2.75, 3.05) is 20.2 Å². The van der Waals surface area contributed by atoms with E-state index in [1.165, 1.54) is 16.5 Å². The van der Waals surface area contributed by atoms with E-state index in [1.54, 1.807) is 7.11 Å². The molecular weight excluding hydrogens is 424 g/mol. The van der Waals surface area contributed by atoms with E-state index in [-0.39, 0.29) is 0 Å². The second-order valence-corrected chi connectivity index (χ2v) is 9.54. The summed E-state index contributed by atoms with van der Waals surface area (Å²) in [6, 6.07) is 13.5. The van der Waals surface area contributed by atoms with Crippen molar-refractivity contribution in [2.24, 2.45) is 5.73 Å². The van der Waals surface area contributed by atoms with Crippen molar-refractivity contribution in [3.63, 3.8) is 0 Å². The Labute approximate surface area is 202 Å². The number of ether oxygens (including phenoxy) is 2. The number of nitrogens with zero attached hydrogens (tertiary/aromatic N) is 1. The Morgan fingerprint density at radius 1 is 0.853 bits per heavy atom. The maximum absolute atomic E-state index is 6.33. The van der Waals surface area contributed by atoms with E-state index in [4.69, 9.17) is 15.2 Å². The highest BCUT2D eigenvalue weighted by Crippen LogP contribution is 2.30. The summed E-state index contributed by atoms with van der Waals surface area (Å²) in [7, 11) is 1.68. The smallest absolute Gasteiger partial charge is 0.226 e. The Kier molecular flexibility index (Phi) is 7.61. The van der Waals surface area contributed by atoms with Gasteiger partial charge >= 0.3 is 0 Å². The summed E-state index contributed by atoms with van der Waals surface area (Å²) in [6.45, 7) is 10.7. The van der Waals surface area contributed by atoms with Gasteiger partial charge in [0.05, 0.1) is 0 Å². The van der Waals surface area contributed by atoms with Gasteiger partial charge in [-0.05, 0) is 88.5 Å². The van der Waals surface area contributed by atoms with Crippen LogP contribution in [0, 0.1) is 0 Å². The van der Waals surface area contributed by atoms with E-state index in [0.29, 0.717) is 18.6 Å². The van der Waals surface area contributed by atoms with Crippen molar-refractivity contribution in [2.45, 2.75) is 58.9 Å². The van der Waals surface area contributed by atoms with Crippen LogP contribution in [0.2, 0.25) is 0 Å². The summed E-state index contributed by atoms with van der Waals surface area (Å²) in [5.41, 5.74) is 11.5. The SMILES string of the molecule is COC(Oc1ccc2[nH]cc(CCN(C(C)C)C(C)C)c2c1)c1ccc2[nH]cc(CCN)c2c1. The lowest BCUT2D eigenvalue weighted by molar-refractivity contribution is -0.0560. The maximum Gasteiger partial charge on any atom is 0.226 e. The average molecular weight is 463 g/mol. The number of nitrogens with one attached hydrogen (secondary N) is 2. The van der Waals surface area contributed by atoms with E-state index < -0.39 is 6.29 Å². The van der Waals surface area contributed by atoms with Gasteiger partial charge in [0.25, 0.3) is 0 Å². The van der Waals surface area contributed by atoms with Gasteiger partial charge in [0.15, 0.2) is 0 Å². The molecule has 0 radical (unpaired) electrons. The van der Waals surface area contributed by atoms with Gasteiger partial charge in [-0.25, -0.2) is 0 Å². The molecule has 0 saturated heterocycles. The topological polar surface area (TPSA) is 79.3 Å². The number of methoxy groups -OCH3 is 1. The van der Waals surface area contributed by atoms with Crippen molar-refractivity contribution in [1.82, 2.24) is 14.9 Å². The van der Waals surface area contributed by atoms with Crippen LogP contribution in [0.5, 0.6) is 5.75 Å². The molecule has 2 aromatic heterocycles. The summed E-state index contributed by atoms with van der Waals surface area (Å²) in [5, 5.41) is 2.36. The van der Waals surface area contributed by atoms with Crippen molar-refractivity contribution in [1.29, 1.82) is 0 Å². The number of hydrogen-bond donors (Lipinski definition) is 3. The molecule has 2 aromatic carbocycles. The molecule has 0 spiro atoms. The minimum absolute atomic E-state index is 0.498. The highest BCUT2D eigenvalue weighted by molar-refractivity contribution is 5.85. The fraction of sp³-hybridized carbons (Fsp3) is 0.429. The molecule has 0 aliphatic rings. The van der Waals surface area contributed by atoms with Crippen LogP contribution < -0.4 is 10.5 Å². The van der Waals surface area contributed by atoms with Gasteiger partial charge in [0.2, 0.25) is 6.29 Å². The van der Waals surface area contributed by atoms with Crippen LogP contribution in [0.3, 0.4) is 0 Å². The van der Waals surface area contributed by atoms with Gasteiger partial charge in [0.1, 0.15) is 5.75 Å².